The van der Waals surface area contributed by atoms with Gasteiger partial charge in [0.25, 0.3) is 6.48 Å². The maximum absolute atomic E-state index is 6.13. The Hall–Kier alpha value is -0.360. The summed E-state index contributed by atoms with van der Waals surface area (Å²) in [4.78, 5) is 0. The quantitative estimate of drug-likeness (QED) is 0.382. The molecular weight excluding hydrogens is 384 g/mol. The van der Waals surface area contributed by atoms with Crippen LogP contribution in [0.4, 0.5) is 0 Å². The number of hydrogen-bond acceptors (Lipinski definition) is 9. The van der Waals surface area contributed by atoms with Crippen molar-refractivity contribution in [2.75, 3.05) is 53.9 Å². The van der Waals surface area contributed by atoms with Gasteiger partial charge in [0.1, 0.15) is 18.3 Å². The van der Waals surface area contributed by atoms with Crippen LogP contribution < -0.4 is 0 Å². The molecule has 4 fully saturated rings. The second kappa shape index (κ2) is 11.3. The van der Waals surface area contributed by atoms with Gasteiger partial charge in [-0.2, -0.15) is 0 Å². The van der Waals surface area contributed by atoms with E-state index in [1.807, 2.05) is 13.8 Å². The fourth-order valence-corrected chi connectivity index (χ4v) is 4.20. The van der Waals surface area contributed by atoms with Crippen molar-refractivity contribution in [3.05, 3.63) is 0 Å². The molecule has 0 amide bonds. The summed E-state index contributed by atoms with van der Waals surface area (Å²) >= 11 is 0. The molecule has 0 aromatic rings. The van der Waals surface area contributed by atoms with E-state index in [2.05, 4.69) is 6.92 Å². The summed E-state index contributed by atoms with van der Waals surface area (Å²) < 4.78 is 51.4. The summed E-state index contributed by atoms with van der Waals surface area (Å²) in [6, 6.07) is 0. The van der Waals surface area contributed by atoms with Crippen LogP contribution in [0.15, 0.2) is 0 Å². The van der Waals surface area contributed by atoms with E-state index in [1.165, 1.54) is 0 Å². The Morgan fingerprint density at radius 1 is 0.690 bits per heavy atom. The second-order valence-corrected chi connectivity index (χ2v) is 7.89. The molecule has 3 heterocycles. The average Bonchev–Trinajstić information content (AvgIpc) is 2.69. The lowest BCUT2D eigenvalue weighted by molar-refractivity contribution is -0.481. The Labute approximate surface area is 173 Å². The molecule has 0 aromatic carbocycles. The highest BCUT2D eigenvalue weighted by molar-refractivity contribution is 5.05. The Morgan fingerprint density at radius 2 is 1.14 bits per heavy atom. The van der Waals surface area contributed by atoms with E-state index in [0.29, 0.717) is 39.6 Å². The molecule has 0 aromatic heterocycles. The minimum Gasteiger partial charge on any atom is -0.382 e. The Morgan fingerprint density at radius 3 is 1.59 bits per heavy atom. The molecule has 4 rings (SSSR count). The highest BCUT2D eigenvalue weighted by atomic mass is 16.9. The fourth-order valence-electron chi connectivity index (χ4n) is 4.20. The van der Waals surface area contributed by atoms with E-state index in [-0.39, 0.29) is 48.6 Å². The first-order valence-electron chi connectivity index (χ1n) is 10.5. The Balaban J connectivity index is 1.48. The third-order valence-corrected chi connectivity index (χ3v) is 5.53. The third kappa shape index (κ3) is 5.87. The average molecular weight is 420 g/mol. The van der Waals surface area contributed by atoms with Gasteiger partial charge in [-0.15, -0.1) is 0 Å². The Bertz CT molecular complexity index is 441. The lowest BCUT2D eigenvalue weighted by Gasteiger charge is -2.58. The first kappa shape index (κ1) is 23.3. The zero-order valence-corrected chi connectivity index (χ0v) is 18.1. The maximum atomic E-state index is 6.13. The van der Waals surface area contributed by atoms with Gasteiger partial charge in [-0.25, -0.2) is 0 Å². The highest BCUT2D eigenvalue weighted by Gasteiger charge is 2.61. The molecule has 4 bridgehead atoms. The number of methoxy groups -OCH3 is 2. The SMILES string of the molecule is COC[C@H](C)OCCOC1C2OC3OC1C(OCCO[C@@H](C)COC)[C@@H](O3)C2C. The molecule has 9 heteroatoms. The molecular formula is C20H36O9. The van der Waals surface area contributed by atoms with Crippen LogP contribution in [-0.2, 0) is 42.6 Å². The molecule has 9 nitrogen and oxygen atoms in total. The van der Waals surface area contributed by atoms with Crippen LogP contribution in [0, 0.1) is 5.92 Å². The summed E-state index contributed by atoms with van der Waals surface area (Å²) in [5, 5.41) is 0. The second-order valence-electron chi connectivity index (χ2n) is 7.89. The van der Waals surface area contributed by atoms with Crippen LogP contribution in [0.5, 0.6) is 0 Å². The summed E-state index contributed by atoms with van der Waals surface area (Å²) in [6.07, 6.45) is -0.779. The summed E-state index contributed by atoms with van der Waals surface area (Å²) in [5.74, 6) is 0.142. The zero-order valence-electron chi connectivity index (χ0n) is 18.1. The fraction of sp³-hybridized carbons (Fsp3) is 1.00. The first-order valence-corrected chi connectivity index (χ1v) is 10.5. The predicted octanol–water partition coefficient (Wildman–Crippen LogP) is 0.976. The van der Waals surface area contributed by atoms with Gasteiger partial charge in [-0.1, -0.05) is 6.92 Å². The van der Waals surface area contributed by atoms with Crippen molar-refractivity contribution >= 4 is 0 Å². The van der Waals surface area contributed by atoms with Gasteiger partial charge >= 0.3 is 0 Å². The summed E-state index contributed by atoms with van der Waals surface area (Å²) in [7, 11) is 3.32. The van der Waals surface area contributed by atoms with Crippen LogP contribution >= 0.6 is 0 Å². The molecule has 0 N–H and O–H groups in total. The van der Waals surface area contributed by atoms with E-state index >= 15 is 0 Å². The molecule has 6 unspecified atom stereocenters. The van der Waals surface area contributed by atoms with Crippen molar-refractivity contribution < 1.29 is 42.6 Å². The van der Waals surface area contributed by atoms with Gasteiger partial charge in [0, 0.05) is 20.1 Å². The molecule has 29 heavy (non-hydrogen) atoms. The Kier molecular flexibility index (Phi) is 9.09. The van der Waals surface area contributed by atoms with Gasteiger partial charge in [-0.3, -0.25) is 0 Å². The minimum atomic E-state index is -0.637. The molecule has 9 atom stereocenters. The van der Waals surface area contributed by atoms with Gasteiger partial charge in [0.2, 0.25) is 0 Å². The predicted molar refractivity (Wildman–Crippen MR) is 102 cm³/mol. The number of ether oxygens (including phenoxy) is 9. The first-order chi connectivity index (χ1) is 14.0. The van der Waals surface area contributed by atoms with E-state index < -0.39 is 6.48 Å². The van der Waals surface area contributed by atoms with Gasteiger partial charge in [0.15, 0.2) is 0 Å². The molecule has 4 aliphatic rings. The third-order valence-electron chi connectivity index (χ3n) is 5.53. The monoisotopic (exact) mass is 420 g/mol. The molecule has 3 aliphatic heterocycles. The largest absolute Gasteiger partial charge is 0.382 e. The van der Waals surface area contributed by atoms with Crippen molar-refractivity contribution in [2.24, 2.45) is 5.92 Å². The van der Waals surface area contributed by atoms with E-state index in [0.717, 1.165) is 0 Å². The standard InChI is InChI=1S/C20H36O9/c1-12(10-21-4)23-6-8-25-17-15-14(3)16-18(19(17)29-20(27-15)28-16)26-9-7-24-13(2)11-22-5/h12-20H,6-11H2,1-5H3/t12-,13-,14?,15-,16?,17?,18?,19?,20?/m0/s1. The van der Waals surface area contributed by atoms with E-state index in [1.54, 1.807) is 14.2 Å². The molecule has 0 spiro atoms. The van der Waals surface area contributed by atoms with Gasteiger partial charge in [-0.05, 0) is 13.8 Å². The zero-order chi connectivity index (χ0) is 20.8. The summed E-state index contributed by atoms with van der Waals surface area (Å²) in [6.45, 7) is 8.38. The minimum absolute atomic E-state index is 0.0264. The van der Waals surface area contributed by atoms with Crippen molar-refractivity contribution in [3.8, 4) is 0 Å². The molecule has 0 radical (unpaired) electrons. The smallest absolute Gasteiger partial charge is 0.272 e. The summed E-state index contributed by atoms with van der Waals surface area (Å²) in [5.41, 5.74) is 0. The van der Waals surface area contributed by atoms with Crippen molar-refractivity contribution in [2.45, 2.75) is 70.0 Å². The van der Waals surface area contributed by atoms with Crippen molar-refractivity contribution in [3.63, 3.8) is 0 Å². The maximum Gasteiger partial charge on any atom is 0.272 e. The van der Waals surface area contributed by atoms with Crippen molar-refractivity contribution in [1.82, 2.24) is 0 Å². The topological polar surface area (TPSA) is 83.1 Å². The van der Waals surface area contributed by atoms with Gasteiger partial charge < -0.3 is 42.6 Å². The van der Waals surface area contributed by atoms with Crippen LogP contribution in [0.25, 0.3) is 0 Å². The highest BCUT2D eigenvalue weighted by Crippen LogP contribution is 2.45. The van der Waals surface area contributed by atoms with E-state index in [4.69, 9.17) is 42.6 Å². The normalized spacial score (nSPS) is 37.8. The van der Waals surface area contributed by atoms with Crippen LogP contribution in [0.3, 0.4) is 0 Å². The molecule has 1 saturated carbocycles. The number of rotatable bonds is 14. The lowest BCUT2D eigenvalue weighted by Crippen LogP contribution is -2.73. The molecule has 170 valence electrons. The lowest BCUT2D eigenvalue weighted by atomic mass is 9.77. The van der Waals surface area contributed by atoms with Crippen LogP contribution in [0.2, 0.25) is 0 Å². The van der Waals surface area contributed by atoms with Crippen LogP contribution in [0.1, 0.15) is 20.8 Å². The molecule has 3 saturated heterocycles. The number of hydrogen-bond donors (Lipinski definition) is 0. The van der Waals surface area contributed by atoms with Crippen molar-refractivity contribution in [1.29, 1.82) is 0 Å². The van der Waals surface area contributed by atoms with E-state index in [9.17, 15) is 0 Å². The molecule has 1 aliphatic carbocycles. The van der Waals surface area contributed by atoms with Gasteiger partial charge in [0.05, 0.1) is 64.1 Å². The van der Waals surface area contributed by atoms with Crippen LogP contribution in [-0.4, -0.2) is 103 Å².